The summed E-state index contributed by atoms with van der Waals surface area (Å²) in [5, 5.41) is 7.75. The van der Waals surface area contributed by atoms with Crippen LogP contribution in [0.2, 0.25) is 0 Å². The van der Waals surface area contributed by atoms with E-state index in [1.54, 1.807) is 16.8 Å². The van der Waals surface area contributed by atoms with Crippen LogP contribution >= 0.6 is 11.3 Å². The van der Waals surface area contributed by atoms with E-state index in [9.17, 15) is 9.59 Å². The molecule has 0 aliphatic carbocycles. The molecule has 1 aliphatic rings. The average Bonchev–Trinajstić information content (AvgIpc) is 3.13. The Hall–Kier alpha value is -2.25. The van der Waals surface area contributed by atoms with Crippen molar-refractivity contribution in [1.82, 2.24) is 20.5 Å². The third-order valence-corrected chi connectivity index (χ3v) is 5.15. The number of nitrogens with one attached hydrogen (secondary N) is 2. The molecule has 26 heavy (non-hydrogen) atoms. The lowest BCUT2D eigenvalue weighted by Gasteiger charge is -2.34. The number of aromatic nitrogens is 1. The second-order valence-corrected chi connectivity index (χ2v) is 7.27. The Bertz CT molecular complexity index is 731. The van der Waals surface area contributed by atoms with Crippen molar-refractivity contribution in [2.75, 3.05) is 19.6 Å². The van der Waals surface area contributed by atoms with Crippen LogP contribution in [0.5, 0.6) is 0 Å². The van der Waals surface area contributed by atoms with Gasteiger partial charge in [-0.3, -0.25) is 14.5 Å². The summed E-state index contributed by atoms with van der Waals surface area (Å²) in [7, 11) is 0. The smallest absolute Gasteiger partial charge is 0.237 e. The first kappa shape index (κ1) is 18.5. The molecule has 2 N–H and O–H groups in total. The average molecular weight is 372 g/mol. The zero-order valence-electron chi connectivity index (χ0n) is 14.9. The van der Waals surface area contributed by atoms with Crippen molar-refractivity contribution in [3.63, 3.8) is 0 Å². The maximum atomic E-state index is 12.3. The number of carbonyl (C=O) groups is 2. The van der Waals surface area contributed by atoms with Gasteiger partial charge < -0.3 is 10.6 Å². The topological polar surface area (TPSA) is 74.3 Å². The fourth-order valence-electron chi connectivity index (χ4n) is 3.04. The molecule has 1 saturated heterocycles. The summed E-state index contributed by atoms with van der Waals surface area (Å²) in [4.78, 5) is 30.9. The molecule has 138 valence electrons. The molecule has 1 unspecified atom stereocenters. The molecule has 2 heterocycles. The second kappa shape index (κ2) is 8.91. The van der Waals surface area contributed by atoms with Crippen LogP contribution in [0, 0.1) is 6.92 Å². The Kier molecular flexibility index (Phi) is 6.35. The number of piperazine rings is 1. The van der Waals surface area contributed by atoms with Gasteiger partial charge in [-0.25, -0.2) is 4.98 Å². The maximum absolute atomic E-state index is 12.3. The molecule has 1 aromatic heterocycles. The fraction of sp³-hybridized carbons (Fsp3) is 0.421. The number of carbonyl (C=O) groups excluding carboxylic acids is 2. The number of amides is 2. The predicted octanol–water partition coefficient (Wildman–Crippen LogP) is 1.50. The first-order valence-corrected chi connectivity index (χ1v) is 9.77. The van der Waals surface area contributed by atoms with E-state index in [4.69, 9.17) is 0 Å². The lowest BCUT2D eigenvalue weighted by Crippen LogP contribution is -2.56. The molecule has 1 aromatic carbocycles. The molecule has 1 fully saturated rings. The summed E-state index contributed by atoms with van der Waals surface area (Å²) in [6.45, 7) is 4.62. The van der Waals surface area contributed by atoms with E-state index in [2.05, 4.69) is 51.7 Å². The van der Waals surface area contributed by atoms with Gasteiger partial charge in [0.1, 0.15) is 0 Å². The van der Waals surface area contributed by atoms with Crippen molar-refractivity contribution >= 4 is 23.2 Å². The van der Waals surface area contributed by atoms with Crippen LogP contribution in [0.15, 0.2) is 35.2 Å². The van der Waals surface area contributed by atoms with Gasteiger partial charge in [0.15, 0.2) is 0 Å². The van der Waals surface area contributed by atoms with E-state index in [-0.39, 0.29) is 18.2 Å². The molecular formula is C19H24N4O2S. The SMILES string of the molecule is Cc1ccc(CN2CCNC(=O)C2CC(=O)NCCc2cscn2)cc1. The molecule has 3 rings (SSSR count). The van der Waals surface area contributed by atoms with Gasteiger partial charge in [0.25, 0.3) is 0 Å². The first-order chi connectivity index (χ1) is 12.6. The Morgan fingerprint density at radius 1 is 1.38 bits per heavy atom. The quantitative estimate of drug-likeness (QED) is 0.772. The van der Waals surface area contributed by atoms with E-state index in [0.29, 0.717) is 26.1 Å². The Morgan fingerprint density at radius 3 is 2.92 bits per heavy atom. The molecule has 0 radical (unpaired) electrons. The Balaban J connectivity index is 1.54. The highest BCUT2D eigenvalue weighted by molar-refractivity contribution is 7.07. The first-order valence-electron chi connectivity index (χ1n) is 8.83. The van der Waals surface area contributed by atoms with Crippen molar-refractivity contribution < 1.29 is 9.59 Å². The highest BCUT2D eigenvalue weighted by Gasteiger charge is 2.31. The third-order valence-electron chi connectivity index (χ3n) is 4.51. The molecule has 0 spiro atoms. The van der Waals surface area contributed by atoms with E-state index < -0.39 is 6.04 Å². The van der Waals surface area contributed by atoms with Crippen LogP contribution < -0.4 is 10.6 Å². The monoisotopic (exact) mass is 372 g/mol. The predicted molar refractivity (Wildman–Crippen MR) is 102 cm³/mol. The highest BCUT2D eigenvalue weighted by atomic mass is 32.1. The van der Waals surface area contributed by atoms with Crippen LogP contribution in [0.3, 0.4) is 0 Å². The molecule has 6 nitrogen and oxygen atoms in total. The van der Waals surface area contributed by atoms with E-state index in [1.807, 2.05) is 5.38 Å². The number of rotatable bonds is 7. The summed E-state index contributed by atoms with van der Waals surface area (Å²) in [6, 6.07) is 7.86. The van der Waals surface area contributed by atoms with E-state index >= 15 is 0 Å². The van der Waals surface area contributed by atoms with Gasteiger partial charge in [0, 0.05) is 38.0 Å². The molecule has 0 saturated carbocycles. The van der Waals surface area contributed by atoms with Crippen molar-refractivity contribution in [3.05, 3.63) is 52.0 Å². The molecule has 1 atom stereocenters. The Morgan fingerprint density at radius 2 is 2.19 bits per heavy atom. The van der Waals surface area contributed by atoms with Crippen LogP contribution in [-0.2, 0) is 22.6 Å². The summed E-state index contributed by atoms with van der Waals surface area (Å²) >= 11 is 1.55. The van der Waals surface area contributed by atoms with Gasteiger partial charge in [-0.15, -0.1) is 11.3 Å². The molecule has 2 amide bonds. The van der Waals surface area contributed by atoms with Crippen molar-refractivity contribution in [2.24, 2.45) is 0 Å². The zero-order chi connectivity index (χ0) is 18.4. The number of aryl methyl sites for hydroxylation is 1. The van der Waals surface area contributed by atoms with Crippen LogP contribution in [0.4, 0.5) is 0 Å². The number of benzene rings is 1. The second-order valence-electron chi connectivity index (χ2n) is 6.55. The highest BCUT2D eigenvalue weighted by Crippen LogP contribution is 2.14. The van der Waals surface area contributed by atoms with Crippen LogP contribution in [0.1, 0.15) is 23.2 Å². The largest absolute Gasteiger partial charge is 0.356 e. The fourth-order valence-corrected chi connectivity index (χ4v) is 3.63. The normalized spacial score (nSPS) is 17.7. The van der Waals surface area contributed by atoms with Crippen LogP contribution in [0.25, 0.3) is 0 Å². The van der Waals surface area contributed by atoms with Gasteiger partial charge in [-0.05, 0) is 12.5 Å². The van der Waals surface area contributed by atoms with Crippen molar-refractivity contribution in [2.45, 2.75) is 32.4 Å². The lowest BCUT2D eigenvalue weighted by molar-refractivity contribution is -0.134. The molecule has 1 aliphatic heterocycles. The molecule has 0 bridgehead atoms. The van der Waals surface area contributed by atoms with Gasteiger partial charge in [-0.2, -0.15) is 0 Å². The van der Waals surface area contributed by atoms with Gasteiger partial charge in [0.05, 0.1) is 23.7 Å². The zero-order valence-corrected chi connectivity index (χ0v) is 15.7. The summed E-state index contributed by atoms with van der Waals surface area (Å²) in [5.41, 5.74) is 5.12. The molecular weight excluding hydrogens is 348 g/mol. The van der Waals surface area contributed by atoms with Gasteiger partial charge in [-0.1, -0.05) is 29.8 Å². The minimum atomic E-state index is -0.427. The van der Waals surface area contributed by atoms with Gasteiger partial charge in [0.2, 0.25) is 11.8 Å². The standard InChI is InChI=1S/C19H24N4O2S/c1-14-2-4-15(5-3-14)11-23-9-8-21-19(25)17(23)10-18(24)20-7-6-16-12-26-13-22-16/h2-5,12-13,17H,6-11H2,1H3,(H,20,24)(H,21,25). The summed E-state index contributed by atoms with van der Waals surface area (Å²) < 4.78 is 0. The summed E-state index contributed by atoms with van der Waals surface area (Å²) in [5.74, 6) is -0.172. The maximum Gasteiger partial charge on any atom is 0.237 e. The number of nitrogens with zero attached hydrogens (tertiary/aromatic N) is 2. The number of hydrogen-bond donors (Lipinski definition) is 2. The van der Waals surface area contributed by atoms with Crippen LogP contribution in [-0.4, -0.2) is 47.4 Å². The third kappa shape index (κ3) is 5.12. The van der Waals surface area contributed by atoms with Crippen molar-refractivity contribution in [1.29, 1.82) is 0 Å². The molecule has 2 aromatic rings. The minimum Gasteiger partial charge on any atom is -0.356 e. The molecule has 7 heteroatoms. The van der Waals surface area contributed by atoms with Crippen molar-refractivity contribution in [3.8, 4) is 0 Å². The number of thiazole rings is 1. The van der Waals surface area contributed by atoms with E-state index in [1.165, 1.54) is 5.56 Å². The van der Waals surface area contributed by atoms with Gasteiger partial charge >= 0.3 is 0 Å². The number of hydrogen-bond acceptors (Lipinski definition) is 5. The summed E-state index contributed by atoms with van der Waals surface area (Å²) in [6.07, 6.45) is 0.883. The lowest BCUT2D eigenvalue weighted by atomic mass is 10.1. The minimum absolute atomic E-state index is 0.0713. The van der Waals surface area contributed by atoms with E-state index in [0.717, 1.165) is 17.8 Å². The Labute approximate surface area is 157 Å².